The second kappa shape index (κ2) is 3.34. The van der Waals surface area contributed by atoms with Gasteiger partial charge < -0.3 is 0 Å². The maximum Gasteiger partial charge on any atom is 0.418 e. The predicted octanol–water partition coefficient (Wildman–Crippen LogP) is 2.73. The summed E-state index contributed by atoms with van der Waals surface area (Å²) in [5.74, 6) is 0. The van der Waals surface area contributed by atoms with Gasteiger partial charge in [-0.25, -0.2) is 0 Å². The standard InChI is InChI=1S/C7H2BrF3N2/c8-5-3-13-2-4(1-12)6(5)7(9,10)11/h2-3H. The van der Waals surface area contributed by atoms with Gasteiger partial charge in [-0.3, -0.25) is 4.98 Å². The van der Waals surface area contributed by atoms with Crippen molar-refractivity contribution in [2.45, 2.75) is 6.18 Å². The monoisotopic (exact) mass is 250 g/mol. The number of hydrogen-bond donors (Lipinski definition) is 0. The number of halogens is 4. The predicted molar refractivity (Wildman–Crippen MR) is 41.7 cm³/mol. The van der Waals surface area contributed by atoms with Crippen LogP contribution in [0.1, 0.15) is 11.1 Å². The van der Waals surface area contributed by atoms with Crippen molar-refractivity contribution >= 4 is 15.9 Å². The van der Waals surface area contributed by atoms with Crippen LogP contribution in [-0.2, 0) is 6.18 Å². The first-order valence-corrected chi connectivity index (χ1v) is 3.87. The molecule has 0 aromatic carbocycles. The lowest BCUT2D eigenvalue weighted by Gasteiger charge is -2.09. The van der Waals surface area contributed by atoms with Crippen LogP contribution in [0.5, 0.6) is 0 Å². The van der Waals surface area contributed by atoms with Crippen LogP contribution in [0.3, 0.4) is 0 Å². The molecule has 13 heavy (non-hydrogen) atoms. The molecule has 1 rings (SSSR count). The first-order chi connectivity index (χ1) is 5.96. The highest BCUT2D eigenvalue weighted by atomic mass is 79.9. The van der Waals surface area contributed by atoms with Crippen molar-refractivity contribution in [2.75, 3.05) is 0 Å². The van der Waals surface area contributed by atoms with E-state index in [9.17, 15) is 13.2 Å². The maximum absolute atomic E-state index is 12.3. The Bertz CT molecular complexity index is 367. The molecule has 0 atom stereocenters. The molecule has 1 aromatic heterocycles. The van der Waals surface area contributed by atoms with E-state index >= 15 is 0 Å². The number of alkyl halides is 3. The van der Waals surface area contributed by atoms with E-state index in [4.69, 9.17) is 5.26 Å². The van der Waals surface area contributed by atoms with E-state index < -0.39 is 17.3 Å². The van der Waals surface area contributed by atoms with Crippen LogP contribution >= 0.6 is 15.9 Å². The highest BCUT2D eigenvalue weighted by Gasteiger charge is 2.36. The summed E-state index contributed by atoms with van der Waals surface area (Å²) in [6.45, 7) is 0. The molecule has 0 N–H and O–H groups in total. The molecular weight excluding hydrogens is 249 g/mol. The van der Waals surface area contributed by atoms with E-state index in [2.05, 4.69) is 20.9 Å². The van der Waals surface area contributed by atoms with Crippen LogP contribution in [0.4, 0.5) is 13.2 Å². The molecule has 6 heteroatoms. The van der Waals surface area contributed by atoms with Gasteiger partial charge >= 0.3 is 6.18 Å². The van der Waals surface area contributed by atoms with E-state index in [1.54, 1.807) is 0 Å². The van der Waals surface area contributed by atoms with E-state index in [1.807, 2.05) is 0 Å². The number of pyridine rings is 1. The van der Waals surface area contributed by atoms with Crippen molar-refractivity contribution in [3.05, 3.63) is 28.0 Å². The van der Waals surface area contributed by atoms with Gasteiger partial charge in [-0.05, 0) is 15.9 Å². The summed E-state index contributed by atoms with van der Waals surface area (Å²) in [6.07, 6.45) is -2.65. The topological polar surface area (TPSA) is 36.7 Å². The van der Waals surface area contributed by atoms with Crippen molar-refractivity contribution in [2.24, 2.45) is 0 Å². The summed E-state index contributed by atoms with van der Waals surface area (Å²) < 4.78 is 36.6. The molecule has 0 fully saturated rings. The molecule has 2 nitrogen and oxygen atoms in total. The van der Waals surface area contributed by atoms with E-state index in [0.29, 0.717) is 0 Å². The SMILES string of the molecule is N#Cc1cncc(Br)c1C(F)(F)F. The van der Waals surface area contributed by atoms with E-state index in [1.165, 1.54) is 6.07 Å². The Morgan fingerprint density at radius 2 is 2.00 bits per heavy atom. The molecule has 0 saturated heterocycles. The minimum Gasteiger partial charge on any atom is -0.262 e. The summed E-state index contributed by atoms with van der Waals surface area (Å²) in [5.41, 5.74) is -1.47. The van der Waals surface area contributed by atoms with Gasteiger partial charge in [0.05, 0.1) is 11.1 Å². The van der Waals surface area contributed by atoms with Crippen molar-refractivity contribution in [1.82, 2.24) is 4.98 Å². The average molecular weight is 251 g/mol. The minimum absolute atomic E-state index is 0.223. The number of rotatable bonds is 0. The van der Waals surface area contributed by atoms with Gasteiger partial charge in [-0.2, -0.15) is 18.4 Å². The van der Waals surface area contributed by atoms with Gasteiger partial charge in [-0.1, -0.05) is 0 Å². The molecule has 0 aliphatic rings. The molecule has 0 aliphatic carbocycles. The van der Waals surface area contributed by atoms with Gasteiger partial charge in [0, 0.05) is 16.9 Å². The van der Waals surface area contributed by atoms with Crippen LogP contribution in [0.2, 0.25) is 0 Å². The van der Waals surface area contributed by atoms with Gasteiger partial charge in [0.25, 0.3) is 0 Å². The zero-order chi connectivity index (χ0) is 10.1. The molecular formula is C7H2BrF3N2. The fourth-order valence-electron chi connectivity index (χ4n) is 0.808. The number of nitriles is 1. The van der Waals surface area contributed by atoms with Gasteiger partial charge in [0.1, 0.15) is 6.07 Å². The van der Waals surface area contributed by atoms with Crippen LogP contribution in [0.25, 0.3) is 0 Å². The Hall–Kier alpha value is -1.09. The molecule has 1 aromatic rings. The second-order valence-corrected chi connectivity index (χ2v) is 3.01. The zero-order valence-corrected chi connectivity index (χ0v) is 7.65. The Kier molecular flexibility index (Phi) is 2.57. The Morgan fingerprint density at radius 1 is 1.38 bits per heavy atom. The molecule has 0 radical (unpaired) electrons. The fourth-order valence-corrected chi connectivity index (χ4v) is 1.36. The highest BCUT2D eigenvalue weighted by Crippen LogP contribution is 2.36. The lowest BCUT2D eigenvalue weighted by Crippen LogP contribution is -2.09. The molecule has 0 bridgehead atoms. The number of hydrogen-bond acceptors (Lipinski definition) is 2. The summed E-state index contributed by atoms with van der Waals surface area (Å²) in [5, 5.41) is 8.40. The Balaban J connectivity index is 3.43. The Labute approximate surface area is 80.1 Å². The first-order valence-electron chi connectivity index (χ1n) is 3.07. The van der Waals surface area contributed by atoms with Crippen molar-refractivity contribution in [1.29, 1.82) is 5.26 Å². The third-order valence-electron chi connectivity index (χ3n) is 1.30. The lowest BCUT2D eigenvalue weighted by atomic mass is 10.1. The highest BCUT2D eigenvalue weighted by molar-refractivity contribution is 9.10. The summed E-state index contributed by atoms with van der Waals surface area (Å²) in [6, 6.07) is 1.43. The minimum atomic E-state index is -4.53. The smallest absolute Gasteiger partial charge is 0.262 e. The van der Waals surface area contributed by atoms with Crippen molar-refractivity contribution in [3.63, 3.8) is 0 Å². The average Bonchev–Trinajstić information content (AvgIpc) is 2.01. The molecule has 68 valence electrons. The molecule has 0 spiro atoms. The normalized spacial score (nSPS) is 11.0. The maximum atomic E-state index is 12.3. The third-order valence-corrected chi connectivity index (χ3v) is 1.90. The van der Waals surface area contributed by atoms with Gasteiger partial charge in [0.15, 0.2) is 0 Å². The van der Waals surface area contributed by atoms with E-state index in [0.717, 1.165) is 12.4 Å². The quantitative estimate of drug-likeness (QED) is 0.710. The van der Waals surface area contributed by atoms with Crippen LogP contribution < -0.4 is 0 Å². The molecule has 0 aliphatic heterocycles. The third kappa shape index (κ3) is 1.98. The van der Waals surface area contributed by atoms with Crippen LogP contribution in [-0.4, -0.2) is 4.98 Å². The Morgan fingerprint density at radius 3 is 2.38 bits per heavy atom. The second-order valence-electron chi connectivity index (χ2n) is 2.15. The summed E-state index contributed by atoms with van der Waals surface area (Å²) in [7, 11) is 0. The van der Waals surface area contributed by atoms with Gasteiger partial charge in [0.2, 0.25) is 0 Å². The summed E-state index contributed by atoms with van der Waals surface area (Å²) in [4.78, 5) is 3.46. The summed E-state index contributed by atoms with van der Waals surface area (Å²) >= 11 is 2.69. The first kappa shape index (κ1) is 9.99. The lowest BCUT2D eigenvalue weighted by molar-refractivity contribution is -0.138. The zero-order valence-electron chi connectivity index (χ0n) is 6.06. The number of aromatic nitrogens is 1. The van der Waals surface area contributed by atoms with E-state index in [-0.39, 0.29) is 4.47 Å². The van der Waals surface area contributed by atoms with Gasteiger partial charge in [-0.15, -0.1) is 0 Å². The fraction of sp³-hybridized carbons (Fsp3) is 0.143. The van der Waals surface area contributed by atoms with Crippen LogP contribution in [0.15, 0.2) is 16.9 Å². The largest absolute Gasteiger partial charge is 0.418 e. The molecule has 0 amide bonds. The van der Waals surface area contributed by atoms with Crippen molar-refractivity contribution < 1.29 is 13.2 Å². The molecule has 1 heterocycles. The number of nitrogens with zero attached hydrogens (tertiary/aromatic N) is 2. The molecule has 0 unspecified atom stereocenters. The van der Waals surface area contributed by atoms with Crippen molar-refractivity contribution in [3.8, 4) is 6.07 Å². The molecule has 0 saturated carbocycles. The van der Waals surface area contributed by atoms with Crippen LogP contribution in [0, 0.1) is 11.3 Å².